The molecule has 7 heteroatoms. The van der Waals surface area contributed by atoms with Gasteiger partial charge in [-0.2, -0.15) is 9.90 Å². The van der Waals surface area contributed by atoms with Gasteiger partial charge in [0.1, 0.15) is 5.15 Å². The summed E-state index contributed by atoms with van der Waals surface area (Å²) in [5.74, 6) is 0.479. The molecule has 0 aliphatic carbocycles. The van der Waals surface area contributed by atoms with Crippen molar-refractivity contribution in [1.82, 2.24) is 30.0 Å². The molecule has 0 saturated carbocycles. The standard InChI is InChI=1S/C12H11ClN6/c1-18-16-12(15-17-18)10-7-14-19(11(10)13)8-9-5-3-2-4-6-9/h2-7H,8H2,1H3. The van der Waals surface area contributed by atoms with E-state index in [1.54, 1.807) is 17.9 Å². The van der Waals surface area contributed by atoms with Crippen molar-refractivity contribution in [1.29, 1.82) is 0 Å². The lowest BCUT2D eigenvalue weighted by Crippen LogP contribution is -2.01. The van der Waals surface area contributed by atoms with Crippen molar-refractivity contribution in [3.05, 3.63) is 47.2 Å². The first-order valence-electron chi connectivity index (χ1n) is 5.73. The van der Waals surface area contributed by atoms with Gasteiger partial charge >= 0.3 is 0 Å². The summed E-state index contributed by atoms with van der Waals surface area (Å²) in [6, 6.07) is 10.00. The van der Waals surface area contributed by atoms with E-state index >= 15 is 0 Å². The number of benzene rings is 1. The monoisotopic (exact) mass is 274 g/mol. The summed E-state index contributed by atoms with van der Waals surface area (Å²) < 4.78 is 1.71. The molecule has 2 heterocycles. The van der Waals surface area contributed by atoms with E-state index < -0.39 is 0 Å². The molecule has 1 aromatic carbocycles. The predicted molar refractivity (Wildman–Crippen MR) is 70.6 cm³/mol. The van der Waals surface area contributed by atoms with E-state index in [9.17, 15) is 0 Å². The summed E-state index contributed by atoms with van der Waals surface area (Å²) in [5, 5.41) is 16.6. The molecule has 0 fully saturated rings. The minimum atomic E-state index is 0.479. The molecule has 0 aliphatic heterocycles. The van der Waals surface area contributed by atoms with Gasteiger partial charge in [-0.05, 0) is 10.8 Å². The Balaban J connectivity index is 1.91. The number of nitrogens with zero attached hydrogens (tertiary/aromatic N) is 6. The second-order valence-electron chi connectivity index (χ2n) is 4.09. The number of aryl methyl sites for hydroxylation is 1. The number of tetrazole rings is 1. The molecule has 3 aromatic rings. The molecule has 0 aliphatic rings. The number of halogens is 1. The lowest BCUT2D eigenvalue weighted by Gasteiger charge is -2.03. The second-order valence-corrected chi connectivity index (χ2v) is 4.45. The molecule has 0 bridgehead atoms. The zero-order valence-corrected chi connectivity index (χ0v) is 11.0. The maximum atomic E-state index is 6.30. The molecule has 2 aromatic heterocycles. The number of rotatable bonds is 3. The van der Waals surface area contributed by atoms with Crippen molar-refractivity contribution >= 4 is 11.6 Å². The van der Waals surface area contributed by atoms with Gasteiger partial charge in [0.15, 0.2) is 0 Å². The van der Waals surface area contributed by atoms with Crippen LogP contribution in [0.15, 0.2) is 36.5 Å². The molecule has 0 N–H and O–H groups in total. The molecule has 0 saturated heterocycles. The number of hydrogen-bond donors (Lipinski definition) is 0. The van der Waals surface area contributed by atoms with E-state index in [1.165, 1.54) is 4.80 Å². The fourth-order valence-electron chi connectivity index (χ4n) is 1.78. The molecule has 19 heavy (non-hydrogen) atoms. The fraction of sp³-hybridized carbons (Fsp3) is 0.167. The average molecular weight is 275 g/mol. The molecule has 0 amide bonds. The van der Waals surface area contributed by atoms with Gasteiger partial charge in [-0.25, -0.2) is 4.68 Å². The molecular weight excluding hydrogens is 264 g/mol. The van der Waals surface area contributed by atoms with E-state index in [1.807, 2.05) is 30.3 Å². The highest BCUT2D eigenvalue weighted by Gasteiger charge is 2.14. The summed E-state index contributed by atoms with van der Waals surface area (Å²) in [4.78, 5) is 1.39. The van der Waals surface area contributed by atoms with Crippen LogP contribution in [0.5, 0.6) is 0 Å². The van der Waals surface area contributed by atoms with Crippen molar-refractivity contribution in [2.75, 3.05) is 0 Å². The highest BCUT2D eigenvalue weighted by molar-refractivity contribution is 6.32. The Labute approximate surface area is 114 Å². The van der Waals surface area contributed by atoms with Gasteiger partial charge in [0.25, 0.3) is 0 Å². The average Bonchev–Trinajstić information content (AvgIpc) is 2.99. The summed E-state index contributed by atoms with van der Waals surface area (Å²) in [5.41, 5.74) is 1.82. The summed E-state index contributed by atoms with van der Waals surface area (Å²) in [7, 11) is 1.71. The molecule has 3 rings (SSSR count). The molecule has 0 atom stereocenters. The van der Waals surface area contributed by atoms with E-state index in [0.29, 0.717) is 23.1 Å². The number of hydrogen-bond acceptors (Lipinski definition) is 4. The third kappa shape index (κ3) is 2.34. The quantitative estimate of drug-likeness (QED) is 0.730. The molecule has 96 valence electrons. The molecular formula is C12H11ClN6. The summed E-state index contributed by atoms with van der Waals surface area (Å²) in [6.07, 6.45) is 1.66. The second kappa shape index (κ2) is 4.81. The van der Waals surface area contributed by atoms with Gasteiger partial charge in [-0.1, -0.05) is 41.9 Å². The number of aromatic nitrogens is 6. The van der Waals surface area contributed by atoms with Crippen LogP contribution >= 0.6 is 11.6 Å². The topological polar surface area (TPSA) is 61.4 Å². The van der Waals surface area contributed by atoms with Crippen molar-refractivity contribution in [2.24, 2.45) is 7.05 Å². The Morgan fingerprint density at radius 2 is 2.00 bits per heavy atom. The molecule has 0 radical (unpaired) electrons. The Kier molecular flexibility index (Phi) is 3.00. The Morgan fingerprint density at radius 3 is 2.68 bits per heavy atom. The fourth-order valence-corrected chi connectivity index (χ4v) is 2.02. The predicted octanol–water partition coefficient (Wildman–Crippen LogP) is 1.78. The Bertz CT molecular complexity index is 687. The van der Waals surface area contributed by atoms with E-state index in [-0.39, 0.29) is 0 Å². The minimum absolute atomic E-state index is 0.479. The van der Waals surface area contributed by atoms with Gasteiger partial charge in [-0.15, -0.1) is 10.2 Å². The summed E-state index contributed by atoms with van der Waals surface area (Å²) >= 11 is 6.30. The van der Waals surface area contributed by atoms with Crippen LogP contribution in [0.25, 0.3) is 11.4 Å². The smallest absolute Gasteiger partial charge is 0.209 e. The zero-order chi connectivity index (χ0) is 13.2. The first kappa shape index (κ1) is 11.9. The van der Waals surface area contributed by atoms with Gasteiger partial charge in [0, 0.05) is 0 Å². The van der Waals surface area contributed by atoms with Crippen molar-refractivity contribution < 1.29 is 0 Å². The third-order valence-corrected chi connectivity index (χ3v) is 3.10. The van der Waals surface area contributed by atoms with Crippen LogP contribution in [-0.4, -0.2) is 30.0 Å². The van der Waals surface area contributed by atoms with Crippen LogP contribution in [0, 0.1) is 0 Å². The van der Waals surface area contributed by atoms with Gasteiger partial charge in [0.05, 0.1) is 25.4 Å². The SMILES string of the molecule is Cn1nnc(-c2cnn(Cc3ccccc3)c2Cl)n1. The van der Waals surface area contributed by atoms with Crippen LogP contribution < -0.4 is 0 Å². The van der Waals surface area contributed by atoms with Crippen LogP contribution in [0.2, 0.25) is 5.15 Å². The van der Waals surface area contributed by atoms with Crippen molar-refractivity contribution in [3.8, 4) is 11.4 Å². The van der Waals surface area contributed by atoms with Crippen molar-refractivity contribution in [2.45, 2.75) is 6.54 Å². The van der Waals surface area contributed by atoms with Crippen LogP contribution in [0.4, 0.5) is 0 Å². The van der Waals surface area contributed by atoms with E-state index in [4.69, 9.17) is 11.6 Å². The minimum Gasteiger partial charge on any atom is -0.249 e. The molecule has 6 nitrogen and oxygen atoms in total. The van der Waals surface area contributed by atoms with Gasteiger partial charge < -0.3 is 0 Å². The molecule has 0 spiro atoms. The highest BCUT2D eigenvalue weighted by Crippen LogP contribution is 2.24. The van der Waals surface area contributed by atoms with Gasteiger partial charge in [0.2, 0.25) is 5.82 Å². The lowest BCUT2D eigenvalue weighted by atomic mass is 10.2. The highest BCUT2D eigenvalue weighted by atomic mass is 35.5. The first-order chi connectivity index (χ1) is 9.24. The Morgan fingerprint density at radius 1 is 1.21 bits per heavy atom. The third-order valence-electron chi connectivity index (χ3n) is 2.70. The van der Waals surface area contributed by atoms with E-state index in [2.05, 4.69) is 20.5 Å². The zero-order valence-electron chi connectivity index (χ0n) is 10.2. The van der Waals surface area contributed by atoms with Gasteiger partial charge in [-0.3, -0.25) is 0 Å². The van der Waals surface area contributed by atoms with Crippen LogP contribution in [0.1, 0.15) is 5.56 Å². The van der Waals surface area contributed by atoms with Crippen molar-refractivity contribution in [3.63, 3.8) is 0 Å². The largest absolute Gasteiger partial charge is 0.249 e. The maximum absolute atomic E-state index is 6.30. The van der Waals surface area contributed by atoms with E-state index in [0.717, 1.165) is 5.56 Å². The van der Waals surface area contributed by atoms with Crippen LogP contribution in [0.3, 0.4) is 0 Å². The summed E-state index contributed by atoms with van der Waals surface area (Å²) in [6.45, 7) is 0.611. The lowest BCUT2D eigenvalue weighted by molar-refractivity contribution is 0.630. The molecule has 0 unspecified atom stereocenters. The normalized spacial score (nSPS) is 10.8. The first-order valence-corrected chi connectivity index (χ1v) is 6.11. The van der Waals surface area contributed by atoms with Crippen LogP contribution in [-0.2, 0) is 13.6 Å². The maximum Gasteiger partial charge on any atom is 0.209 e. The Hall–Kier alpha value is -2.21.